The van der Waals surface area contributed by atoms with Gasteiger partial charge in [-0.25, -0.2) is 4.39 Å². The molecule has 1 aromatic rings. The number of hydrogen-bond acceptors (Lipinski definition) is 2. The zero-order valence-corrected chi connectivity index (χ0v) is 13.7. The Morgan fingerprint density at radius 2 is 1.78 bits per heavy atom. The fourth-order valence-corrected chi connectivity index (χ4v) is 5.84. The van der Waals surface area contributed by atoms with Gasteiger partial charge in [0.15, 0.2) is 0 Å². The third-order valence-electron chi connectivity index (χ3n) is 6.01. The van der Waals surface area contributed by atoms with Gasteiger partial charge in [-0.15, -0.1) is 0 Å². The van der Waals surface area contributed by atoms with Gasteiger partial charge in [-0.05, 0) is 67.8 Å². The molecule has 2 N–H and O–H groups in total. The van der Waals surface area contributed by atoms with Crippen LogP contribution in [0.2, 0.25) is 5.02 Å². The normalized spacial score (nSPS) is 34.6. The second-order valence-electron chi connectivity index (χ2n) is 7.93. The van der Waals surface area contributed by atoms with Crippen LogP contribution in [0.5, 0.6) is 5.75 Å². The molecule has 124 valence electrons. The highest BCUT2D eigenvalue weighted by atomic mass is 35.5. The van der Waals surface area contributed by atoms with Gasteiger partial charge in [-0.3, -0.25) is 4.79 Å². The Hall–Kier alpha value is -1.29. The molecule has 3 nitrogen and oxygen atoms in total. The van der Waals surface area contributed by atoms with Crippen molar-refractivity contribution in [3.05, 3.63) is 23.0 Å². The molecule has 0 unspecified atom stereocenters. The minimum Gasteiger partial charge on any atom is -0.506 e. The van der Waals surface area contributed by atoms with Gasteiger partial charge >= 0.3 is 0 Å². The molecule has 0 aliphatic heterocycles. The molecule has 0 heterocycles. The van der Waals surface area contributed by atoms with Crippen LogP contribution in [0, 0.1) is 29.0 Å². The zero-order valence-electron chi connectivity index (χ0n) is 12.9. The van der Waals surface area contributed by atoms with E-state index in [9.17, 15) is 14.3 Å². The minimum absolute atomic E-state index is 0.0384. The molecule has 4 aliphatic rings. The molecular weight excluding hydrogens is 317 g/mol. The first-order valence-electron chi connectivity index (χ1n) is 8.40. The summed E-state index contributed by atoms with van der Waals surface area (Å²) in [5, 5.41) is 12.1. The lowest BCUT2D eigenvalue weighted by Crippen LogP contribution is -2.47. The standard InChI is InChI=1S/C18H21ClFNO2/c19-13-4-15(14(20)5-16(13)22)21-17(23)9-18-6-10-1-11(7-18)3-12(2-10)8-18/h4-5,10-12,22H,1-3,6-9H2,(H,21,23). The van der Waals surface area contributed by atoms with Gasteiger partial charge in [-0.2, -0.15) is 0 Å². The fourth-order valence-electron chi connectivity index (χ4n) is 5.67. The van der Waals surface area contributed by atoms with E-state index in [0.717, 1.165) is 43.1 Å². The number of benzene rings is 1. The lowest BCUT2D eigenvalue weighted by Gasteiger charge is -2.56. The molecule has 4 bridgehead atoms. The maximum absolute atomic E-state index is 13.9. The molecule has 5 rings (SSSR count). The van der Waals surface area contributed by atoms with Crippen LogP contribution in [0.1, 0.15) is 44.9 Å². The summed E-state index contributed by atoms with van der Waals surface area (Å²) >= 11 is 5.80. The van der Waals surface area contributed by atoms with Crippen molar-refractivity contribution in [3.63, 3.8) is 0 Å². The Balaban J connectivity index is 1.47. The van der Waals surface area contributed by atoms with E-state index in [-0.39, 0.29) is 27.8 Å². The number of phenols is 1. The van der Waals surface area contributed by atoms with E-state index in [4.69, 9.17) is 11.6 Å². The third-order valence-corrected chi connectivity index (χ3v) is 6.31. The van der Waals surface area contributed by atoms with Crippen LogP contribution in [-0.2, 0) is 4.79 Å². The van der Waals surface area contributed by atoms with E-state index < -0.39 is 5.82 Å². The second kappa shape index (κ2) is 5.37. The van der Waals surface area contributed by atoms with Crippen LogP contribution in [0.15, 0.2) is 12.1 Å². The summed E-state index contributed by atoms with van der Waals surface area (Å²) in [5.41, 5.74) is 0.165. The quantitative estimate of drug-likeness (QED) is 0.783. The largest absolute Gasteiger partial charge is 0.506 e. The number of aromatic hydroxyl groups is 1. The highest BCUT2D eigenvalue weighted by molar-refractivity contribution is 6.32. The summed E-state index contributed by atoms with van der Waals surface area (Å²) in [6.07, 6.45) is 7.91. The first kappa shape index (κ1) is 15.3. The molecule has 1 aromatic carbocycles. The van der Waals surface area contributed by atoms with Crippen LogP contribution >= 0.6 is 11.6 Å². The Bertz CT molecular complexity index is 625. The average molecular weight is 338 g/mol. The minimum atomic E-state index is -0.661. The van der Waals surface area contributed by atoms with E-state index in [1.807, 2.05) is 0 Å². The maximum Gasteiger partial charge on any atom is 0.225 e. The Kier molecular flexibility index (Phi) is 3.56. The summed E-state index contributed by atoms with van der Waals surface area (Å²) < 4.78 is 13.9. The highest BCUT2D eigenvalue weighted by Crippen LogP contribution is 2.61. The maximum atomic E-state index is 13.9. The number of carbonyl (C=O) groups excluding carboxylic acids is 1. The predicted octanol–water partition coefficient (Wildman–Crippen LogP) is 4.73. The zero-order chi connectivity index (χ0) is 16.2. The molecule has 0 spiro atoms. The number of nitrogens with one attached hydrogen (secondary N) is 1. The molecule has 5 heteroatoms. The molecule has 1 amide bonds. The van der Waals surface area contributed by atoms with Crippen LogP contribution in [0.4, 0.5) is 10.1 Å². The van der Waals surface area contributed by atoms with E-state index >= 15 is 0 Å². The lowest BCUT2D eigenvalue weighted by atomic mass is 9.49. The Morgan fingerprint density at radius 1 is 1.22 bits per heavy atom. The van der Waals surface area contributed by atoms with E-state index in [1.54, 1.807) is 0 Å². The van der Waals surface area contributed by atoms with Crippen molar-refractivity contribution in [2.24, 2.45) is 23.2 Å². The molecule has 4 aliphatic carbocycles. The molecular formula is C18H21ClFNO2. The van der Waals surface area contributed by atoms with Crippen molar-refractivity contribution in [2.75, 3.05) is 5.32 Å². The Labute approximate surface area is 140 Å². The number of hydrogen-bond donors (Lipinski definition) is 2. The van der Waals surface area contributed by atoms with Crippen molar-refractivity contribution < 1.29 is 14.3 Å². The van der Waals surface area contributed by atoms with Gasteiger partial charge < -0.3 is 10.4 Å². The SMILES string of the molecule is O=C(CC12CC3CC(CC(C3)C1)C2)Nc1cc(Cl)c(O)cc1F. The van der Waals surface area contributed by atoms with Gasteiger partial charge in [0, 0.05) is 12.5 Å². The van der Waals surface area contributed by atoms with Crippen LogP contribution in [-0.4, -0.2) is 11.0 Å². The van der Waals surface area contributed by atoms with E-state index in [0.29, 0.717) is 6.42 Å². The molecule has 0 aromatic heterocycles. The van der Waals surface area contributed by atoms with Crippen molar-refractivity contribution in [3.8, 4) is 5.75 Å². The summed E-state index contributed by atoms with van der Waals surface area (Å²) in [6.45, 7) is 0. The number of amides is 1. The van der Waals surface area contributed by atoms with Crippen LogP contribution in [0.3, 0.4) is 0 Å². The van der Waals surface area contributed by atoms with Crippen molar-refractivity contribution >= 4 is 23.2 Å². The van der Waals surface area contributed by atoms with Crippen molar-refractivity contribution in [2.45, 2.75) is 44.9 Å². The second-order valence-corrected chi connectivity index (χ2v) is 8.33. The van der Waals surface area contributed by atoms with E-state index in [1.165, 1.54) is 25.3 Å². The number of phenolic OH excluding ortho intramolecular Hbond substituents is 1. The molecule has 4 saturated carbocycles. The third kappa shape index (κ3) is 2.82. The fraction of sp³-hybridized carbons (Fsp3) is 0.611. The van der Waals surface area contributed by atoms with Crippen molar-refractivity contribution in [1.29, 1.82) is 0 Å². The predicted molar refractivity (Wildman–Crippen MR) is 86.9 cm³/mol. The van der Waals surface area contributed by atoms with E-state index in [2.05, 4.69) is 5.32 Å². The van der Waals surface area contributed by atoms with Gasteiger partial charge in [0.2, 0.25) is 5.91 Å². The lowest BCUT2D eigenvalue weighted by molar-refractivity contribution is -0.124. The number of anilines is 1. The van der Waals surface area contributed by atoms with Gasteiger partial charge in [0.1, 0.15) is 11.6 Å². The van der Waals surface area contributed by atoms with Crippen LogP contribution < -0.4 is 5.32 Å². The van der Waals surface area contributed by atoms with Crippen LogP contribution in [0.25, 0.3) is 0 Å². The first-order valence-corrected chi connectivity index (χ1v) is 8.78. The molecule has 0 saturated heterocycles. The summed E-state index contributed by atoms with van der Waals surface area (Å²) in [6, 6.07) is 2.20. The monoisotopic (exact) mass is 337 g/mol. The number of halogens is 2. The molecule has 0 atom stereocenters. The molecule has 23 heavy (non-hydrogen) atoms. The smallest absolute Gasteiger partial charge is 0.225 e. The molecule has 0 radical (unpaired) electrons. The summed E-state index contributed by atoms with van der Waals surface area (Å²) in [7, 11) is 0. The van der Waals surface area contributed by atoms with Gasteiger partial charge in [0.25, 0.3) is 0 Å². The summed E-state index contributed by atoms with van der Waals surface area (Å²) in [5.74, 6) is 1.23. The van der Waals surface area contributed by atoms with Gasteiger partial charge in [-0.1, -0.05) is 11.6 Å². The average Bonchev–Trinajstić information content (AvgIpc) is 2.42. The summed E-state index contributed by atoms with van der Waals surface area (Å²) in [4.78, 5) is 12.5. The first-order chi connectivity index (χ1) is 10.9. The van der Waals surface area contributed by atoms with Gasteiger partial charge in [0.05, 0.1) is 10.7 Å². The van der Waals surface area contributed by atoms with Crippen molar-refractivity contribution in [1.82, 2.24) is 0 Å². The molecule has 4 fully saturated rings. The Morgan fingerprint density at radius 3 is 2.35 bits per heavy atom. The highest BCUT2D eigenvalue weighted by Gasteiger charge is 2.51. The number of carbonyl (C=O) groups is 1. The topological polar surface area (TPSA) is 49.3 Å². The number of rotatable bonds is 3.